The van der Waals surface area contributed by atoms with E-state index in [0.717, 1.165) is 36.9 Å². The summed E-state index contributed by atoms with van der Waals surface area (Å²) >= 11 is 0. The van der Waals surface area contributed by atoms with E-state index in [1.165, 1.54) is 6.42 Å². The molecule has 0 atom stereocenters. The highest BCUT2D eigenvalue weighted by atomic mass is 16.2. The molecule has 1 heterocycles. The predicted molar refractivity (Wildman–Crippen MR) is 97.1 cm³/mol. The van der Waals surface area contributed by atoms with Gasteiger partial charge in [0.25, 0.3) is 5.91 Å². The Morgan fingerprint density at radius 2 is 1.80 bits per heavy atom. The Kier molecular flexibility index (Phi) is 5.77. The number of amides is 2. The minimum atomic E-state index is -0.150. The highest BCUT2D eigenvalue weighted by Gasteiger charge is 2.20. The number of nitrogens with zero attached hydrogens (tertiary/aromatic N) is 1. The van der Waals surface area contributed by atoms with E-state index >= 15 is 0 Å². The van der Waals surface area contributed by atoms with Crippen molar-refractivity contribution < 1.29 is 9.59 Å². The lowest BCUT2D eigenvalue weighted by Gasteiger charge is -2.20. The van der Waals surface area contributed by atoms with E-state index in [0.29, 0.717) is 12.1 Å². The lowest BCUT2D eigenvalue weighted by atomic mass is 9.88. The normalized spacial score (nSPS) is 14.7. The first-order chi connectivity index (χ1) is 12.2. The summed E-state index contributed by atoms with van der Waals surface area (Å²) in [5.74, 6) is 0.118. The Morgan fingerprint density at radius 3 is 2.48 bits per heavy atom. The molecule has 0 bridgehead atoms. The zero-order chi connectivity index (χ0) is 17.5. The van der Waals surface area contributed by atoms with Gasteiger partial charge in [0.2, 0.25) is 5.91 Å². The van der Waals surface area contributed by atoms with Gasteiger partial charge in [-0.1, -0.05) is 31.4 Å². The first-order valence-electron chi connectivity index (χ1n) is 8.80. The van der Waals surface area contributed by atoms with Gasteiger partial charge in [-0.25, -0.2) is 0 Å². The molecule has 1 saturated carbocycles. The quantitative estimate of drug-likeness (QED) is 0.877. The fourth-order valence-corrected chi connectivity index (χ4v) is 3.10. The molecule has 2 N–H and O–H groups in total. The van der Waals surface area contributed by atoms with Crippen LogP contribution in [-0.4, -0.2) is 16.8 Å². The van der Waals surface area contributed by atoms with Crippen LogP contribution in [0.15, 0.2) is 48.8 Å². The SMILES string of the molecule is O=C(NCc1ccc(NC(=O)C2CCCCC2)cc1)c1cccnc1. The van der Waals surface area contributed by atoms with Crippen LogP contribution in [0.4, 0.5) is 5.69 Å². The van der Waals surface area contributed by atoms with E-state index in [9.17, 15) is 9.59 Å². The number of hydrogen-bond acceptors (Lipinski definition) is 3. The molecule has 2 amide bonds. The summed E-state index contributed by atoms with van der Waals surface area (Å²) in [6.45, 7) is 0.435. The maximum absolute atomic E-state index is 12.3. The molecule has 5 heteroatoms. The Labute approximate surface area is 147 Å². The molecule has 2 aromatic rings. The average Bonchev–Trinajstić information content (AvgIpc) is 2.68. The van der Waals surface area contributed by atoms with Crippen LogP contribution in [0.25, 0.3) is 0 Å². The molecule has 1 fully saturated rings. The molecule has 0 unspecified atom stereocenters. The predicted octanol–water partition coefficient (Wildman–Crippen LogP) is 3.53. The first kappa shape index (κ1) is 17.1. The Morgan fingerprint density at radius 1 is 1.04 bits per heavy atom. The maximum Gasteiger partial charge on any atom is 0.253 e. The van der Waals surface area contributed by atoms with Crippen molar-refractivity contribution in [3.05, 3.63) is 59.9 Å². The molecule has 0 spiro atoms. The van der Waals surface area contributed by atoms with Crippen molar-refractivity contribution in [3.63, 3.8) is 0 Å². The number of aromatic nitrogens is 1. The number of anilines is 1. The second kappa shape index (κ2) is 8.42. The maximum atomic E-state index is 12.3. The largest absolute Gasteiger partial charge is 0.348 e. The van der Waals surface area contributed by atoms with Crippen LogP contribution in [-0.2, 0) is 11.3 Å². The van der Waals surface area contributed by atoms with Gasteiger partial charge in [-0.2, -0.15) is 0 Å². The molecular formula is C20H23N3O2. The minimum absolute atomic E-state index is 0.123. The summed E-state index contributed by atoms with van der Waals surface area (Å²) in [6, 6.07) is 11.1. The van der Waals surface area contributed by atoms with E-state index in [4.69, 9.17) is 0 Å². The third-order valence-corrected chi connectivity index (χ3v) is 4.57. The van der Waals surface area contributed by atoms with Crippen molar-refractivity contribution in [1.29, 1.82) is 0 Å². The zero-order valence-electron chi connectivity index (χ0n) is 14.2. The number of pyridine rings is 1. The monoisotopic (exact) mass is 337 g/mol. The topological polar surface area (TPSA) is 71.1 Å². The van der Waals surface area contributed by atoms with Gasteiger partial charge in [0.1, 0.15) is 0 Å². The van der Waals surface area contributed by atoms with Gasteiger partial charge in [0, 0.05) is 30.5 Å². The molecule has 0 saturated heterocycles. The van der Waals surface area contributed by atoms with Gasteiger partial charge in [0.15, 0.2) is 0 Å². The third kappa shape index (κ3) is 4.89. The van der Waals surface area contributed by atoms with Crippen molar-refractivity contribution >= 4 is 17.5 Å². The number of rotatable bonds is 5. The van der Waals surface area contributed by atoms with E-state index in [2.05, 4.69) is 15.6 Å². The van der Waals surface area contributed by atoms with Crippen LogP contribution in [0.2, 0.25) is 0 Å². The summed E-state index contributed by atoms with van der Waals surface area (Å²) in [5.41, 5.74) is 2.32. The molecule has 1 aliphatic rings. The molecular weight excluding hydrogens is 314 g/mol. The molecule has 1 aliphatic carbocycles. The van der Waals surface area contributed by atoms with Gasteiger partial charge < -0.3 is 10.6 Å². The van der Waals surface area contributed by atoms with Crippen molar-refractivity contribution in [1.82, 2.24) is 10.3 Å². The standard InChI is InChI=1S/C20H23N3O2/c24-19(17-7-4-12-21-14-17)22-13-15-8-10-18(11-9-15)23-20(25)16-5-2-1-3-6-16/h4,7-12,14,16H,1-3,5-6,13H2,(H,22,24)(H,23,25). The molecule has 25 heavy (non-hydrogen) atoms. The summed E-state index contributed by atoms with van der Waals surface area (Å²) in [7, 11) is 0. The number of hydrogen-bond donors (Lipinski definition) is 2. The van der Waals surface area contributed by atoms with Crippen molar-refractivity contribution in [2.24, 2.45) is 5.92 Å². The van der Waals surface area contributed by atoms with E-state index in [1.54, 1.807) is 24.5 Å². The Bertz CT molecular complexity index is 707. The first-order valence-corrected chi connectivity index (χ1v) is 8.80. The summed E-state index contributed by atoms with van der Waals surface area (Å²) in [4.78, 5) is 28.2. The average molecular weight is 337 g/mol. The highest BCUT2D eigenvalue weighted by Crippen LogP contribution is 2.25. The van der Waals surface area contributed by atoms with Crippen molar-refractivity contribution in [2.45, 2.75) is 38.6 Å². The smallest absolute Gasteiger partial charge is 0.253 e. The van der Waals surface area contributed by atoms with Crippen LogP contribution < -0.4 is 10.6 Å². The lowest BCUT2D eigenvalue weighted by molar-refractivity contribution is -0.120. The van der Waals surface area contributed by atoms with Gasteiger partial charge in [0.05, 0.1) is 5.56 Å². The Balaban J connectivity index is 1.50. The number of carbonyl (C=O) groups excluding carboxylic acids is 2. The van der Waals surface area contributed by atoms with Crippen LogP contribution in [0.1, 0.15) is 48.0 Å². The van der Waals surface area contributed by atoms with E-state index in [1.807, 2.05) is 24.3 Å². The molecule has 130 valence electrons. The van der Waals surface area contributed by atoms with E-state index in [-0.39, 0.29) is 17.7 Å². The molecule has 1 aromatic heterocycles. The summed E-state index contributed by atoms with van der Waals surface area (Å²) in [6.07, 6.45) is 8.69. The number of nitrogens with one attached hydrogen (secondary N) is 2. The highest BCUT2D eigenvalue weighted by molar-refractivity contribution is 5.94. The van der Waals surface area contributed by atoms with E-state index < -0.39 is 0 Å². The lowest BCUT2D eigenvalue weighted by Crippen LogP contribution is -2.24. The minimum Gasteiger partial charge on any atom is -0.348 e. The third-order valence-electron chi connectivity index (χ3n) is 4.57. The molecule has 1 aromatic carbocycles. The van der Waals surface area contributed by atoms with Gasteiger partial charge >= 0.3 is 0 Å². The van der Waals surface area contributed by atoms with Gasteiger partial charge in [-0.05, 0) is 42.7 Å². The number of carbonyl (C=O) groups is 2. The Hall–Kier alpha value is -2.69. The van der Waals surface area contributed by atoms with Gasteiger partial charge in [-0.3, -0.25) is 14.6 Å². The molecule has 0 aliphatic heterocycles. The van der Waals surface area contributed by atoms with Crippen molar-refractivity contribution in [2.75, 3.05) is 5.32 Å². The van der Waals surface area contributed by atoms with Crippen LogP contribution in [0.3, 0.4) is 0 Å². The second-order valence-electron chi connectivity index (χ2n) is 6.45. The summed E-state index contributed by atoms with van der Waals surface area (Å²) in [5, 5.41) is 5.86. The van der Waals surface area contributed by atoms with Crippen LogP contribution in [0.5, 0.6) is 0 Å². The molecule has 0 radical (unpaired) electrons. The molecule has 3 rings (SSSR count). The zero-order valence-corrected chi connectivity index (χ0v) is 14.2. The van der Waals surface area contributed by atoms with Gasteiger partial charge in [-0.15, -0.1) is 0 Å². The second-order valence-corrected chi connectivity index (χ2v) is 6.45. The summed E-state index contributed by atoms with van der Waals surface area (Å²) < 4.78 is 0. The molecule has 5 nitrogen and oxygen atoms in total. The fraction of sp³-hybridized carbons (Fsp3) is 0.350. The van der Waals surface area contributed by atoms with Crippen LogP contribution >= 0.6 is 0 Å². The van der Waals surface area contributed by atoms with Crippen molar-refractivity contribution in [3.8, 4) is 0 Å². The fourth-order valence-electron chi connectivity index (χ4n) is 3.10. The number of benzene rings is 1. The van der Waals surface area contributed by atoms with Crippen LogP contribution in [0, 0.1) is 5.92 Å².